The van der Waals surface area contributed by atoms with E-state index in [0.29, 0.717) is 21.5 Å². The second kappa shape index (κ2) is 10.3. The zero-order valence-electron chi connectivity index (χ0n) is 16.8. The summed E-state index contributed by atoms with van der Waals surface area (Å²) in [6, 6.07) is 14.6. The fraction of sp³-hybridized carbons (Fsp3) is 0.136. The molecule has 0 saturated carbocycles. The van der Waals surface area contributed by atoms with E-state index in [2.05, 4.69) is 36.8 Å². The van der Waals surface area contributed by atoms with Crippen LogP contribution in [-0.2, 0) is 11.0 Å². The topological polar surface area (TPSA) is 75.6 Å². The van der Waals surface area contributed by atoms with Gasteiger partial charge < -0.3 is 10.1 Å². The molecule has 3 aromatic rings. The molecule has 0 aliphatic heterocycles. The number of hydrazone groups is 1. The molecule has 32 heavy (non-hydrogen) atoms. The summed E-state index contributed by atoms with van der Waals surface area (Å²) in [6.07, 6.45) is -2.24. The van der Waals surface area contributed by atoms with Crippen LogP contribution in [0.5, 0.6) is 5.75 Å². The molecule has 2 aromatic carbocycles. The average Bonchev–Trinajstić information content (AvgIpc) is 2.74. The minimum atomic E-state index is -4.44. The number of carbonyl (C=O) groups excluding carboxylic acids is 1. The van der Waals surface area contributed by atoms with Crippen molar-refractivity contribution in [2.24, 2.45) is 5.10 Å². The zero-order valence-corrected chi connectivity index (χ0v) is 18.4. The minimum absolute atomic E-state index is 0.166. The summed E-state index contributed by atoms with van der Waals surface area (Å²) in [7, 11) is 0. The highest BCUT2D eigenvalue weighted by Gasteiger charge is 2.30. The number of hydrogen-bond donors (Lipinski definition) is 2. The maximum atomic E-state index is 12.5. The molecular formula is C22H18BrF3N4O2. The molecule has 0 aliphatic carbocycles. The normalized spacial score (nSPS) is 11.4. The fourth-order valence-corrected chi connectivity index (χ4v) is 3.00. The summed E-state index contributed by atoms with van der Waals surface area (Å²) in [5.74, 6) is 0.353. The summed E-state index contributed by atoms with van der Waals surface area (Å²) in [5.41, 5.74) is 4.20. The third-order valence-electron chi connectivity index (χ3n) is 4.13. The van der Waals surface area contributed by atoms with Gasteiger partial charge in [0, 0.05) is 11.9 Å². The van der Waals surface area contributed by atoms with E-state index in [1.807, 2.05) is 31.2 Å². The lowest BCUT2D eigenvalue weighted by Crippen LogP contribution is -2.20. The molecule has 2 N–H and O–H groups in total. The van der Waals surface area contributed by atoms with E-state index in [0.717, 1.165) is 17.8 Å². The van der Waals surface area contributed by atoms with E-state index < -0.39 is 11.7 Å². The van der Waals surface area contributed by atoms with Gasteiger partial charge in [-0.25, -0.2) is 4.98 Å². The molecular weight excluding hydrogens is 489 g/mol. The number of nitrogens with zero attached hydrogens (tertiary/aromatic N) is 2. The second-order valence-electron chi connectivity index (χ2n) is 6.69. The number of benzene rings is 2. The van der Waals surface area contributed by atoms with E-state index in [1.165, 1.54) is 12.3 Å². The molecule has 166 valence electrons. The van der Waals surface area contributed by atoms with Crippen molar-refractivity contribution in [3.63, 3.8) is 0 Å². The number of ether oxygens (including phenoxy) is 1. The van der Waals surface area contributed by atoms with Crippen LogP contribution < -0.4 is 15.5 Å². The van der Waals surface area contributed by atoms with Crippen molar-refractivity contribution in [2.45, 2.75) is 13.1 Å². The van der Waals surface area contributed by atoms with Crippen molar-refractivity contribution in [3.8, 4) is 5.75 Å². The SMILES string of the molecule is Cc1ccc(NC(=O)COc2ccc(/C=N\Nc3ccc(C(F)(F)F)cn3)cc2Br)cc1. The number of aryl methyl sites for hydroxylation is 1. The number of nitrogens with one attached hydrogen (secondary N) is 2. The first-order valence-corrected chi connectivity index (χ1v) is 10.1. The number of carbonyl (C=O) groups is 1. The summed E-state index contributed by atoms with van der Waals surface area (Å²) in [4.78, 5) is 15.7. The van der Waals surface area contributed by atoms with E-state index in [-0.39, 0.29) is 18.3 Å². The Kier molecular flexibility index (Phi) is 7.47. The number of hydrogen-bond acceptors (Lipinski definition) is 5. The molecule has 0 atom stereocenters. The van der Waals surface area contributed by atoms with Crippen molar-refractivity contribution in [2.75, 3.05) is 17.3 Å². The molecule has 10 heteroatoms. The summed E-state index contributed by atoms with van der Waals surface area (Å²) in [6.45, 7) is 1.79. The molecule has 1 heterocycles. The van der Waals surface area contributed by atoms with Crippen molar-refractivity contribution in [3.05, 3.63) is 82.0 Å². The van der Waals surface area contributed by atoms with Crippen LogP contribution in [0.1, 0.15) is 16.7 Å². The van der Waals surface area contributed by atoms with Gasteiger partial charge in [0.2, 0.25) is 0 Å². The van der Waals surface area contributed by atoms with Gasteiger partial charge in [0.25, 0.3) is 5.91 Å². The van der Waals surface area contributed by atoms with Gasteiger partial charge in [-0.2, -0.15) is 18.3 Å². The zero-order chi connectivity index (χ0) is 23.1. The van der Waals surface area contributed by atoms with E-state index in [4.69, 9.17) is 4.74 Å². The lowest BCUT2D eigenvalue weighted by atomic mass is 10.2. The number of amides is 1. The Morgan fingerprint density at radius 2 is 1.91 bits per heavy atom. The van der Waals surface area contributed by atoms with Crippen LogP contribution in [0.2, 0.25) is 0 Å². The predicted molar refractivity (Wildman–Crippen MR) is 120 cm³/mol. The fourth-order valence-electron chi connectivity index (χ4n) is 2.49. The van der Waals surface area contributed by atoms with Crippen molar-refractivity contribution < 1.29 is 22.7 Å². The molecule has 0 saturated heterocycles. The maximum Gasteiger partial charge on any atom is 0.417 e. The minimum Gasteiger partial charge on any atom is -0.483 e. The quantitative estimate of drug-likeness (QED) is 0.321. The first-order valence-electron chi connectivity index (χ1n) is 9.32. The van der Waals surface area contributed by atoms with Crippen LogP contribution >= 0.6 is 15.9 Å². The second-order valence-corrected chi connectivity index (χ2v) is 7.55. The van der Waals surface area contributed by atoms with Gasteiger partial charge in [-0.3, -0.25) is 10.2 Å². The van der Waals surface area contributed by atoms with Crippen LogP contribution in [-0.4, -0.2) is 23.7 Å². The van der Waals surface area contributed by atoms with E-state index >= 15 is 0 Å². The van der Waals surface area contributed by atoms with Crippen molar-refractivity contribution in [1.29, 1.82) is 0 Å². The molecule has 1 amide bonds. The van der Waals surface area contributed by atoms with Gasteiger partial charge in [-0.05, 0) is 70.9 Å². The monoisotopic (exact) mass is 506 g/mol. The molecule has 0 unspecified atom stereocenters. The number of pyridine rings is 1. The van der Waals surface area contributed by atoms with Gasteiger partial charge in [0.1, 0.15) is 11.6 Å². The van der Waals surface area contributed by atoms with Gasteiger partial charge in [0.05, 0.1) is 16.3 Å². The van der Waals surface area contributed by atoms with Gasteiger partial charge in [-0.15, -0.1) is 0 Å². The molecule has 0 bridgehead atoms. The van der Waals surface area contributed by atoms with Crippen molar-refractivity contribution in [1.82, 2.24) is 4.98 Å². The van der Waals surface area contributed by atoms with Crippen LogP contribution in [0.25, 0.3) is 0 Å². The molecule has 0 aliphatic rings. The molecule has 0 spiro atoms. The Morgan fingerprint density at radius 1 is 1.16 bits per heavy atom. The number of anilines is 2. The summed E-state index contributed by atoms with van der Waals surface area (Å²) in [5, 5.41) is 6.71. The maximum absolute atomic E-state index is 12.5. The van der Waals surface area contributed by atoms with Crippen LogP contribution in [0.3, 0.4) is 0 Å². The highest BCUT2D eigenvalue weighted by atomic mass is 79.9. The largest absolute Gasteiger partial charge is 0.483 e. The van der Waals surface area contributed by atoms with Crippen molar-refractivity contribution >= 4 is 39.6 Å². The predicted octanol–water partition coefficient (Wildman–Crippen LogP) is 5.63. The Morgan fingerprint density at radius 3 is 2.53 bits per heavy atom. The number of alkyl halides is 3. The smallest absolute Gasteiger partial charge is 0.417 e. The highest BCUT2D eigenvalue weighted by molar-refractivity contribution is 9.10. The van der Waals surface area contributed by atoms with Gasteiger partial charge >= 0.3 is 6.18 Å². The van der Waals surface area contributed by atoms with Gasteiger partial charge in [-0.1, -0.05) is 17.7 Å². The first-order chi connectivity index (χ1) is 15.2. The summed E-state index contributed by atoms with van der Waals surface area (Å²) >= 11 is 3.38. The number of halogens is 4. The molecule has 1 aromatic heterocycles. The molecule has 0 fully saturated rings. The Hall–Kier alpha value is -3.40. The molecule has 0 radical (unpaired) electrons. The van der Waals surface area contributed by atoms with Gasteiger partial charge in [0.15, 0.2) is 6.61 Å². The summed E-state index contributed by atoms with van der Waals surface area (Å²) < 4.78 is 43.8. The Labute approximate surface area is 190 Å². The average molecular weight is 507 g/mol. The molecule has 3 rings (SSSR count). The van der Waals surface area contributed by atoms with Crippen LogP contribution in [0.15, 0.2) is 70.4 Å². The number of rotatable bonds is 7. The van der Waals surface area contributed by atoms with E-state index in [1.54, 1.807) is 18.2 Å². The van der Waals surface area contributed by atoms with E-state index in [9.17, 15) is 18.0 Å². The third-order valence-corrected chi connectivity index (χ3v) is 4.75. The number of aromatic nitrogens is 1. The first kappa shape index (κ1) is 23.3. The van der Waals surface area contributed by atoms with Crippen LogP contribution in [0.4, 0.5) is 24.7 Å². The molecule has 6 nitrogen and oxygen atoms in total. The Balaban J connectivity index is 1.52. The third kappa shape index (κ3) is 6.81. The highest BCUT2D eigenvalue weighted by Crippen LogP contribution is 2.29. The Bertz CT molecular complexity index is 1100. The van der Waals surface area contributed by atoms with Crippen LogP contribution in [0, 0.1) is 6.92 Å². The lowest BCUT2D eigenvalue weighted by molar-refractivity contribution is -0.137. The lowest BCUT2D eigenvalue weighted by Gasteiger charge is -2.09. The standard InChI is InChI=1S/C22H18BrF3N4O2/c1-14-2-6-17(7-3-14)29-21(31)13-32-19-8-4-15(10-18(19)23)11-28-30-20-9-5-16(12-27-20)22(24,25)26/h2-12H,13H2,1H3,(H,27,30)(H,29,31)/b28-11-.